The Balaban J connectivity index is 1.60. The molecule has 0 aliphatic carbocycles. The zero-order valence-electron chi connectivity index (χ0n) is 19.1. The third kappa shape index (κ3) is 5.81. The molecule has 3 aromatic rings. The van der Waals surface area contributed by atoms with E-state index in [2.05, 4.69) is 25.0 Å². The van der Waals surface area contributed by atoms with Gasteiger partial charge in [-0.25, -0.2) is 28.9 Å². The largest absolute Gasteiger partial charge is 0.486 e. The van der Waals surface area contributed by atoms with Gasteiger partial charge < -0.3 is 15.0 Å². The van der Waals surface area contributed by atoms with E-state index in [1.165, 1.54) is 12.3 Å². The summed E-state index contributed by atoms with van der Waals surface area (Å²) in [5.41, 5.74) is 1.30. The predicted octanol–water partition coefficient (Wildman–Crippen LogP) is 2.85. The fourth-order valence-corrected chi connectivity index (χ4v) is 4.02. The van der Waals surface area contributed by atoms with E-state index in [4.69, 9.17) is 9.88 Å². The molecule has 1 unspecified atom stereocenters. The molecule has 4 N–H and O–H groups in total. The summed E-state index contributed by atoms with van der Waals surface area (Å²) in [6, 6.07) is 6.21. The Labute approximate surface area is 201 Å². The molecular formula is C22H25F2N7O3S. The number of rotatable bonds is 8. The number of aromatic nitrogens is 3. The SMILES string of the molecule is CCC(C)N1CCOc2c(F)cc(-c3nc(Nc4ccc(CNS(N)(=O)=O)cn4)ncc3F)cc21. The van der Waals surface area contributed by atoms with Gasteiger partial charge in [0.2, 0.25) is 5.95 Å². The number of pyridine rings is 1. The Morgan fingerprint density at radius 3 is 2.69 bits per heavy atom. The van der Waals surface area contributed by atoms with Crippen molar-refractivity contribution in [3.63, 3.8) is 0 Å². The Bertz CT molecular complexity index is 1320. The number of hydrogen-bond acceptors (Lipinski definition) is 8. The number of nitrogens with two attached hydrogens (primary N) is 1. The highest BCUT2D eigenvalue weighted by Gasteiger charge is 2.26. The molecule has 13 heteroatoms. The average Bonchev–Trinajstić information content (AvgIpc) is 2.83. The summed E-state index contributed by atoms with van der Waals surface area (Å²) in [5, 5.41) is 7.78. The van der Waals surface area contributed by atoms with Crippen molar-refractivity contribution in [1.82, 2.24) is 19.7 Å². The minimum absolute atomic E-state index is 0.0232. The normalized spacial score (nSPS) is 14.3. The standard InChI is InChI=1S/C22H25F2N7O3S/c1-3-13(2)31-6-7-34-21-16(23)8-15(9-18(21)31)20-17(24)12-27-22(30-20)29-19-5-4-14(10-26-19)11-28-35(25,32)33/h4-5,8-10,12-13,28H,3,6-7,11H2,1-2H3,(H2,25,32,33)(H,26,27,29,30). The van der Waals surface area contributed by atoms with Gasteiger partial charge in [-0.15, -0.1) is 0 Å². The van der Waals surface area contributed by atoms with E-state index < -0.39 is 21.8 Å². The topological polar surface area (TPSA) is 135 Å². The predicted molar refractivity (Wildman–Crippen MR) is 127 cm³/mol. The lowest BCUT2D eigenvalue weighted by Gasteiger charge is -2.36. The third-order valence-corrected chi connectivity index (χ3v) is 6.14. The summed E-state index contributed by atoms with van der Waals surface area (Å²) in [6.07, 6.45) is 3.29. The quantitative estimate of drug-likeness (QED) is 0.425. The van der Waals surface area contributed by atoms with Crippen molar-refractivity contribution in [3.05, 3.63) is 53.9 Å². The van der Waals surface area contributed by atoms with Gasteiger partial charge in [-0.1, -0.05) is 13.0 Å². The zero-order chi connectivity index (χ0) is 25.2. The first-order valence-corrected chi connectivity index (χ1v) is 12.4. The van der Waals surface area contributed by atoms with Crippen molar-refractivity contribution in [1.29, 1.82) is 0 Å². The molecule has 1 aliphatic rings. The van der Waals surface area contributed by atoms with Crippen LogP contribution in [0.15, 0.2) is 36.7 Å². The first kappa shape index (κ1) is 24.7. The number of anilines is 3. The third-order valence-electron chi connectivity index (χ3n) is 5.59. The minimum Gasteiger partial charge on any atom is -0.486 e. The molecule has 186 valence electrons. The van der Waals surface area contributed by atoms with Crippen LogP contribution in [-0.4, -0.2) is 42.6 Å². The van der Waals surface area contributed by atoms with Crippen molar-refractivity contribution >= 4 is 27.7 Å². The summed E-state index contributed by atoms with van der Waals surface area (Å²) in [7, 11) is -3.82. The Morgan fingerprint density at radius 2 is 2.00 bits per heavy atom. The molecule has 0 radical (unpaired) electrons. The molecule has 1 atom stereocenters. The molecule has 4 rings (SSSR count). The summed E-state index contributed by atoms with van der Waals surface area (Å²) < 4.78 is 59.3. The first-order valence-electron chi connectivity index (χ1n) is 10.9. The van der Waals surface area contributed by atoms with Gasteiger partial charge >= 0.3 is 0 Å². The number of nitrogens with one attached hydrogen (secondary N) is 2. The molecule has 0 bridgehead atoms. The van der Waals surface area contributed by atoms with E-state index >= 15 is 0 Å². The van der Waals surface area contributed by atoms with Crippen molar-refractivity contribution in [3.8, 4) is 17.0 Å². The summed E-state index contributed by atoms with van der Waals surface area (Å²) in [4.78, 5) is 14.4. The van der Waals surface area contributed by atoms with Gasteiger partial charge in [0, 0.05) is 24.3 Å². The van der Waals surface area contributed by atoms with Crippen LogP contribution < -0.4 is 24.8 Å². The second kappa shape index (κ2) is 10.1. The lowest BCUT2D eigenvalue weighted by Crippen LogP contribution is -2.39. The van der Waals surface area contributed by atoms with Crippen LogP contribution in [0.2, 0.25) is 0 Å². The van der Waals surface area contributed by atoms with Crippen LogP contribution in [-0.2, 0) is 16.8 Å². The van der Waals surface area contributed by atoms with Crippen LogP contribution >= 0.6 is 0 Å². The fraction of sp³-hybridized carbons (Fsp3) is 0.318. The van der Waals surface area contributed by atoms with Crippen LogP contribution in [0, 0.1) is 11.6 Å². The Morgan fingerprint density at radius 1 is 1.20 bits per heavy atom. The van der Waals surface area contributed by atoms with Crippen molar-refractivity contribution in [2.24, 2.45) is 5.14 Å². The Kier molecular flexibility index (Phi) is 7.10. The average molecular weight is 506 g/mol. The van der Waals surface area contributed by atoms with E-state index in [1.54, 1.807) is 18.2 Å². The molecule has 1 aromatic carbocycles. The number of benzene rings is 1. The van der Waals surface area contributed by atoms with Crippen molar-refractivity contribution < 1.29 is 21.9 Å². The molecule has 0 fully saturated rings. The van der Waals surface area contributed by atoms with Gasteiger partial charge in [-0.3, -0.25) is 0 Å². The van der Waals surface area contributed by atoms with Crippen molar-refractivity contribution in [2.75, 3.05) is 23.4 Å². The highest BCUT2D eigenvalue weighted by Crippen LogP contribution is 2.39. The van der Waals surface area contributed by atoms with Crippen LogP contribution in [0.3, 0.4) is 0 Å². The van der Waals surface area contributed by atoms with Gasteiger partial charge in [0.25, 0.3) is 10.2 Å². The number of nitrogens with zero attached hydrogens (tertiary/aromatic N) is 4. The summed E-state index contributed by atoms with van der Waals surface area (Å²) in [6.45, 7) is 5.02. The second-order valence-corrected chi connectivity index (χ2v) is 9.42. The molecule has 2 aromatic heterocycles. The van der Waals surface area contributed by atoms with E-state index in [0.717, 1.165) is 12.6 Å². The van der Waals surface area contributed by atoms with Gasteiger partial charge in [-0.05, 0) is 37.1 Å². The molecule has 35 heavy (non-hydrogen) atoms. The van der Waals surface area contributed by atoms with E-state index in [0.29, 0.717) is 30.2 Å². The number of halogens is 2. The first-order chi connectivity index (χ1) is 16.6. The minimum atomic E-state index is -3.82. The van der Waals surface area contributed by atoms with Crippen LogP contribution in [0.4, 0.5) is 26.2 Å². The van der Waals surface area contributed by atoms with Gasteiger partial charge in [0.15, 0.2) is 17.4 Å². The fourth-order valence-electron chi connectivity index (χ4n) is 3.65. The maximum absolute atomic E-state index is 14.9. The smallest absolute Gasteiger partial charge is 0.274 e. The molecule has 3 heterocycles. The highest BCUT2D eigenvalue weighted by molar-refractivity contribution is 7.87. The molecule has 1 aliphatic heterocycles. The van der Waals surface area contributed by atoms with Crippen LogP contribution in [0.5, 0.6) is 5.75 Å². The molecule has 0 amide bonds. The van der Waals surface area contributed by atoms with E-state index in [9.17, 15) is 17.2 Å². The van der Waals surface area contributed by atoms with Gasteiger partial charge in [-0.2, -0.15) is 13.1 Å². The molecular weight excluding hydrogens is 480 g/mol. The lowest BCUT2D eigenvalue weighted by atomic mass is 10.1. The van der Waals surface area contributed by atoms with Gasteiger partial charge in [0.1, 0.15) is 18.1 Å². The van der Waals surface area contributed by atoms with Gasteiger partial charge in [0.05, 0.1) is 18.4 Å². The number of fused-ring (bicyclic) bond motifs is 1. The van der Waals surface area contributed by atoms with Crippen molar-refractivity contribution in [2.45, 2.75) is 32.9 Å². The van der Waals surface area contributed by atoms with Crippen LogP contribution in [0.1, 0.15) is 25.8 Å². The lowest BCUT2D eigenvalue weighted by molar-refractivity contribution is 0.285. The summed E-state index contributed by atoms with van der Waals surface area (Å²) >= 11 is 0. The maximum atomic E-state index is 14.9. The van der Waals surface area contributed by atoms with E-state index in [-0.39, 0.29) is 35.5 Å². The highest BCUT2D eigenvalue weighted by atomic mass is 32.2. The summed E-state index contributed by atoms with van der Waals surface area (Å²) in [5.74, 6) is -0.760. The Hall–Kier alpha value is -3.42. The number of hydrogen-bond donors (Lipinski definition) is 3. The zero-order valence-corrected chi connectivity index (χ0v) is 19.9. The molecule has 0 saturated heterocycles. The second-order valence-electron chi connectivity index (χ2n) is 8.04. The maximum Gasteiger partial charge on any atom is 0.274 e. The molecule has 0 saturated carbocycles. The van der Waals surface area contributed by atoms with Crippen LogP contribution in [0.25, 0.3) is 11.3 Å². The molecule has 0 spiro atoms. The monoisotopic (exact) mass is 505 g/mol. The van der Waals surface area contributed by atoms with E-state index in [1.807, 2.05) is 18.7 Å². The number of ether oxygens (including phenoxy) is 1. The molecule has 10 nitrogen and oxygen atoms in total.